The van der Waals surface area contributed by atoms with E-state index in [0.717, 1.165) is 5.95 Å². The average Bonchev–Trinajstić information content (AvgIpc) is 2.53. The summed E-state index contributed by atoms with van der Waals surface area (Å²) in [4.78, 5) is 9.13. The van der Waals surface area contributed by atoms with E-state index in [1.165, 1.54) is 0 Å². The maximum absolute atomic E-state index is 5.50. The molecule has 0 saturated heterocycles. The van der Waals surface area contributed by atoms with Crippen LogP contribution in [0.15, 0.2) is 12.4 Å². The summed E-state index contributed by atoms with van der Waals surface area (Å²) in [5.74, 6) is 0.864. The van der Waals surface area contributed by atoms with E-state index < -0.39 is 0 Å². The lowest BCUT2D eigenvalue weighted by Crippen LogP contribution is -2.35. The number of anilines is 1. The molecule has 1 rings (SSSR count). The maximum atomic E-state index is 5.50. The number of nitrogens with two attached hydrogens (primary N) is 1. The Morgan fingerprint density at radius 1 is 1.82 bits per heavy atom. The standard InChI is InChI=1S/C7H14N4/c1-6(5-8)11(2)7-9-3-4-10-7/h3-4,6H,5,8H2,1-2H3,(H,9,10). The van der Waals surface area contributed by atoms with E-state index in [1.54, 1.807) is 12.4 Å². The summed E-state index contributed by atoms with van der Waals surface area (Å²) in [6.45, 7) is 2.69. The maximum Gasteiger partial charge on any atom is 0.202 e. The van der Waals surface area contributed by atoms with Crippen LogP contribution in [0.2, 0.25) is 0 Å². The van der Waals surface area contributed by atoms with E-state index in [4.69, 9.17) is 5.73 Å². The van der Waals surface area contributed by atoms with E-state index in [9.17, 15) is 0 Å². The van der Waals surface area contributed by atoms with Gasteiger partial charge in [-0.05, 0) is 6.92 Å². The van der Waals surface area contributed by atoms with Crippen LogP contribution >= 0.6 is 0 Å². The molecule has 4 heteroatoms. The van der Waals surface area contributed by atoms with Crippen LogP contribution in [0, 0.1) is 0 Å². The Kier molecular flexibility index (Phi) is 2.48. The molecule has 0 aromatic carbocycles. The number of H-pyrrole nitrogens is 1. The number of imidazole rings is 1. The Morgan fingerprint density at radius 2 is 2.55 bits per heavy atom. The Morgan fingerprint density at radius 3 is 3.00 bits per heavy atom. The lowest BCUT2D eigenvalue weighted by atomic mass is 10.3. The van der Waals surface area contributed by atoms with Crippen molar-refractivity contribution in [3.05, 3.63) is 12.4 Å². The second-order valence-electron chi connectivity index (χ2n) is 2.61. The number of likely N-dealkylation sites (N-methyl/N-ethyl adjacent to an activating group) is 1. The number of aromatic nitrogens is 2. The van der Waals surface area contributed by atoms with Gasteiger partial charge in [0.1, 0.15) is 0 Å². The largest absolute Gasteiger partial charge is 0.342 e. The highest BCUT2D eigenvalue weighted by molar-refractivity contribution is 5.28. The first-order valence-electron chi connectivity index (χ1n) is 3.68. The third-order valence-electron chi connectivity index (χ3n) is 1.82. The third kappa shape index (κ3) is 1.71. The minimum atomic E-state index is 0.321. The Hall–Kier alpha value is -1.03. The molecule has 0 fully saturated rings. The number of aromatic amines is 1. The van der Waals surface area contributed by atoms with E-state index in [0.29, 0.717) is 12.6 Å². The molecule has 4 nitrogen and oxygen atoms in total. The van der Waals surface area contributed by atoms with Gasteiger partial charge >= 0.3 is 0 Å². The van der Waals surface area contributed by atoms with Gasteiger partial charge in [-0.25, -0.2) is 4.98 Å². The molecule has 1 aromatic rings. The van der Waals surface area contributed by atoms with Crippen molar-refractivity contribution in [2.24, 2.45) is 5.73 Å². The second kappa shape index (κ2) is 3.39. The quantitative estimate of drug-likeness (QED) is 0.653. The fraction of sp³-hybridized carbons (Fsp3) is 0.571. The normalized spacial score (nSPS) is 13.0. The van der Waals surface area contributed by atoms with Crippen molar-refractivity contribution < 1.29 is 0 Å². The zero-order valence-corrected chi connectivity index (χ0v) is 6.91. The molecule has 0 aliphatic heterocycles. The lowest BCUT2D eigenvalue weighted by molar-refractivity contribution is 0.681. The monoisotopic (exact) mass is 154 g/mol. The first kappa shape index (κ1) is 8.07. The van der Waals surface area contributed by atoms with Crippen molar-refractivity contribution in [3.8, 4) is 0 Å². The highest BCUT2D eigenvalue weighted by Gasteiger charge is 2.08. The van der Waals surface area contributed by atoms with Crippen molar-refractivity contribution >= 4 is 5.95 Å². The van der Waals surface area contributed by atoms with E-state index >= 15 is 0 Å². The van der Waals surface area contributed by atoms with Crippen molar-refractivity contribution in [2.45, 2.75) is 13.0 Å². The average molecular weight is 154 g/mol. The number of nitrogens with one attached hydrogen (secondary N) is 1. The molecular weight excluding hydrogens is 140 g/mol. The van der Waals surface area contributed by atoms with Crippen LogP contribution in [0.1, 0.15) is 6.92 Å². The molecule has 62 valence electrons. The lowest BCUT2D eigenvalue weighted by Gasteiger charge is -2.22. The van der Waals surface area contributed by atoms with E-state index in [-0.39, 0.29) is 0 Å². The van der Waals surface area contributed by atoms with Crippen LogP contribution in [0.3, 0.4) is 0 Å². The Labute approximate surface area is 66.4 Å². The molecule has 1 unspecified atom stereocenters. The summed E-state index contributed by atoms with van der Waals surface area (Å²) in [5.41, 5.74) is 5.50. The Balaban J connectivity index is 2.62. The fourth-order valence-corrected chi connectivity index (χ4v) is 0.817. The molecule has 0 spiro atoms. The van der Waals surface area contributed by atoms with Crippen LogP contribution in [0.25, 0.3) is 0 Å². The molecule has 1 atom stereocenters. The van der Waals surface area contributed by atoms with Gasteiger partial charge in [-0.2, -0.15) is 0 Å². The van der Waals surface area contributed by atoms with Gasteiger partial charge in [0.2, 0.25) is 5.95 Å². The molecule has 0 amide bonds. The third-order valence-corrected chi connectivity index (χ3v) is 1.82. The summed E-state index contributed by atoms with van der Waals surface area (Å²) in [7, 11) is 1.97. The molecule has 0 aliphatic rings. The minimum absolute atomic E-state index is 0.321. The summed E-state index contributed by atoms with van der Waals surface area (Å²) in [5, 5.41) is 0. The summed E-state index contributed by atoms with van der Waals surface area (Å²) >= 11 is 0. The van der Waals surface area contributed by atoms with Gasteiger partial charge in [0.05, 0.1) is 0 Å². The van der Waals surface area contributed by atoms with Gasteiger partial charge in [-0.1, -0.05) is 0 Å². The van der Waals surface area contributed by atoms with Gasteiger partial charge in [-0.3, -0.25) is 0 Å². The Bertz CT molecular complexity index is 194. The van der Waals surface area contributed by atoms with Crippen LogP contribution in [-0.4, -0.2) is 29.6 Å². The van der Waals surface area contributed by atoms with Crippen LogP contribution in [0.5, 0.6) is 0 Å². The number of hydrogen-bond donors (Lipinski definition) is 2. The fourth-order valence-electron chi connectivity index (χ4n) is 0.817. The number of hydrogen-bond acceptors (Lipinski definition) is 3. The highest BCUT2D eigenvalue weighted by atomic mass is 15.3. The van der Waals surface area contributed by atoms with Crippen LogP contribution < -0.4 is 10.6 Å². The van der Waals surface area contributed by atoms with Gasteiger partial charge < -0.3 is 15.6 Å². The molecule has 1 aromatic heterocycles. The first-order valence-corrected chi connectivity index (χ1v) is 3.68. The predicted molar refractivity (Wildman–Crippen MR) is 45.5 cm³/mol. The van der Waals surface area contributed by atoms with E-state index in [1.807, 2.05) is 11.9 Å². The SMILES string of the molecule is CC(CN)N(C)c1ncc[nH]1. The molecule has 0 saturated carbocycles. The van der Waals surface area contributed by atoms with Crippen molar-refractivity contribution in [3.63, 3.8) is 0 Å². The molecular formula is C7H14N4. The van der Waals surface area contributed by atoms with Crippen molar-refractivity contribution in [1.29, 1.82) is 0 Å². The summed E-state index contributed by atoms with van der Waals surface area (Å²) < 4.78 is 0. The van der Waals surface area contributed by atoms with Crippen LogP contribution in [0.4, 0.5) is 5.95 Å². The van der Waals surface area contributed by atoms with Gasteiger partial charge in [0.15, 0.2) is 0 Å². The molecule has 1 heterocycles. The molecule has 0 bridgehead atoms. The highest BCUT2D eigenvalue weighted by Crippen LogP contribution is 2.05. The van der Waals surface area contributed by atoms with Crippen molar-refractivity contribution in [1.82, 2.24) is 9.97 Å². The predicted octanol–water partition coefficient (Wildman–Crippen LogP) is 0.193. The smallest absolute Gasteiger partial charge is 0.202 e. The van der Waals surface area contributed by atoms with Gasteiger partial charge in [0.25, 0.3) is 0 Å². The molecule has 0 aliphatic carbocycles. The van der Waals surface area contributed by atoms with Gasteiger partial charge in [0, 0.05) is 32.0 Å². The molecule has 0 radical (unpaired) electrons. The van der Waals surface area contributed by atoms with Crippen molar-refractivity contribution in [2.75, 3.05) is 18.5 Å². The summed E-state index contributed by atoms with van der Waals surface area (Å²) in [6, 6.07) is 0.321. The zero-order valence-electron chi connectivity index (χ0n) is 6.91. The van der Waals surface area contributed by atoms with Crippen LogP contribution in [-0.2, 0) is 0 Å². The van der Waals surface area contributed by atoms with E-state index in [2.05, 4.69) is 16.9 Å². The topological polar surface area (TPSA) is 57.9 Å². The molecule has 11 heavy (non-hydrogen) atoms. The number of rotatable bonds is 3. The zero-order chi connectivity index (χ0) is 8.27. The van der Waals surface area contributed by atoms with Gasteiger partial charge in [-0.15, -0.1) is 0 Å². The first-order chi connectivity index (χ1) is 5.25. The second-order valence-corrected chi connectivity index (χ2v) is 2.61. The number of nitrogens with zero attached hydrogens (tertiary/aromatic N) is 2. The minimum Gasteiger partial charge on any atom is -0.342 e. The summed E-state index contributed by atoms with van der Waals surface area (Å²) in [6.07, 6.45) is 3.53. The molecule has 3 N–H and O–H groups in total.